The van der Waals surface area contributed by atoms with Crippen molar-refractivity contribution in [3.8, 4) is 0 Å². The molecule has 1 amide bonds. The summed E-state index contributed by atoms with van der Waals surface area (Å²) in [5.41, 5.74) is 2.82. The highest BCUT2D eigenvalue weighted by Crippen LogP contribution is 2.31. The van der Waals surface area contributed by atoms with Crippen molar-refractivity contribution in [1.82, 2.24) is 10.2 Å². The molecule has 0 spiro atoms. The van der Waals surface area contributed by atoms with Gasteiger partial charge in [-0.3, -0.25) is 19.8 Å². The minimum atomic E-state index is -0.455. The first-order chi connectivity index (χ1) is 15.0. The van der Waals surface area contributed by atoms with Crippen molar-refractivity contribution in [2.75, 3.05) is 18.4 Å². The zero-order valence-electron chi connectivity index (χ0n) is 17.4. The van der Waals surface area contributed by atoms with Gasteiger partial charge in [-0.15, -0.1) is 0 Å². The zero-order chi connectivity index (χ0) is 21.8. The van der Waals surface area contributed by atoms with Gasteiger partial charge in [0.25, 0.3) is 11.6 Å². The summed E-state index contributed by atoms with van der Waals surface area (Å²) in [5, 5.41) is 27.0. The second kappa shape index (κ2) is 9.45. The number of benzene rings is 2. The highest BCUT2D eigenvalue weighted by molar-refractivity contribution is 5.95. The van der Waals surface area contributed by atoms with Crippen molar-refractivity contribution in [3.63, 3.8) is 0 Å². The molecule has 1 heterocycles. The average Bonchev–Trinajstić information content (AvgIpc) is 3.59. The number of nitro groups is 1. The van der Waals surface area contributed by atoms with E-state index in [1.807, 2.05) is 12.1 Å². The quantitative estimate of drug-likeness (QED) is 0.444. The molecule has 0 atom stereocenters. The van der Waals surface area contributed by atoms with Crippen LogP contribution in [0.2, 0.25) is 0 Å². The molecule has 8 heteroatoms. The summed E-state index contributed by atoms with van der Waals surface area (Å²) in [5.74, 6) is -0.336. The van der Waals surface area contributed by atoms with E-state index >= 15 is 0 Å². The van der Waals surface area contributed by atoms with Gasteiger partial charge in [-0.2, -0.15) is 0 Å². The Balaban J connectivity index is 1.32. The number of likely N-dealkylation sites (tertiary alicyclic amines) is 1. The molecule has 2 aromatic carbocycles. The van der Waals surface area contributed by atoms with E-state index in [-0.39, 0.29) is 23.3 Å². The molecule has 0 bridgehead atoms. The number of nitrogens with one attached hydrogen (secondary N) is 2. The summed E-state index contributed by atoms with van der Waals surface area (Å²) in [4.78, 5) is 25.8. The molecule has 2 aromatic rings. The lowest BCUT2D eigenvalue weighted by Crippen LogP contribution is -2.35. The van der Waals surface area contributed by atoms with Gasteiger partial charge in [0.1, 0.15) is 5.69 Å². The minimum Gasteiger partial charge on any atom is -0.393 e. The normalized spacial score (nSPS) is 17.3. The third kappa shape index (κ3) is 5.80. The van der Waals surface area contributed by atoms with Crippen molar-refractivity contribution in [2.24, 2.45) is 0 Å². The van der Waals surface area contributed by atoms with Gasteiger partial charge in [0.05, 0.1) is 11.0 Å². The van der Waals surface area contributed by atoms with E-state index in [1.54, 1.807) is 12.1 Å². The number of hydrogen-bond donors (Lipinski definition) is 3. The lowest BCUT2D eigenvalue weighted by Gasteiger charge is -2.29. The number of rotatable bonds is 8. The fourth-order valence-corrected chi connectivity index (χ4v) is 3.78. The first kappa shape index (κ1) is 21.3. The van der Waals surface area contributed by atoms with E-state index in [4.69, 9.17) is 0 Å². The average molecular weight is 425 g/mol. The van der Waals surface area contributed by atoms with Crippen LogP contribution in [0.1, 0.15) is 47.2 Å². The Morgan fingerprint density at radius 2 is 1.74 bits per heavy atom. The van der Waals surface area contributed by atoms with Crippen molar-refractivity contribution >= 4 is 17.3 Å². The van der Waals surface area contributed by atoms with Gasteiger partial charge >= 0.3 is 0 Å². The molecule has 31 heavy (non-hydrogen) atoms. The van der Waals surface area contributed by atoms with Crippen LogP contribution in [0.4, 0.5) is 11.4 Å². The Morgan fingerprint density at radius 3 is 2.39 bits per heavy atom. The number of aliphatic hydroxyl groups is 1. The van der Waals surface area contributed by atoms with Gasteiger partial charge in [0, 0.05) is 43.9 Å². The third-order valence-electron chi connectivity index (χ3n) is 5.83. The molecule has 4 rings (SSSR count). The highest BCUT2D eigenvalue weighted by Gasteiger charge is 2.25. The van der Waals surface area contributed by atoms with Crippen LogP contribution >= 0.6 is 0 Å². The summed E-state index contributed by atoms with van der Waals surface area (Å²) >= 11 is 0. The van der Waals surface area contributed by atoms with E-state index in [1.165, 1.54) is 11.6 Å². The molecule has 0 unspecified atom stereocenters. The first-order valence-electron chi connectivity index (χ1n) is 10.8. The fraction of sp³-hybridized carbons (Fsp3) is 0.435. The number of nitro benzene ring substituents is 1. The molecule has 0 aromatic heterocycles. The van der Waals surface area contributed by atoms with E-state index in [0.717, 1.165) is 50.9 Å². The topological polar surface area (TPSA) is 108 Å². The van der Waals surface area contributed by atoms with Crippen molar-refractivity contribution in [2.45, 2.75) is 50.9 Å². The second-order valence-corrected chi connectivity index (χ2v) is 8.41. The standard InChI is InChI=1S/C23H28N4O4/c28-20-9-11-26(12-10-20)15-17-3-1-16(2-4-17)14-24-23(29)18-5-8-21(25-19-6-7-19)22(13-18)27(30)31/h1-5,8,13,19-20,25,28H,6-7,9-12,14-15H2,(H,24,29). The molecule has 2 aliphatic rings. The molecule has 8 nitrogen and oxygen atoms in total. The fourth-order valence-electron chi connectivity index (χ4n) is 3.78. The molecule has 164 valence electrons. The van der Waals surface area contributed by atoms with Crippen LogP contribution in [0.15, 0.2) is 42.5 Å². The first-order valence-corrected chi connectivity index (χ1v) is 10.8. The van der Waals surface area contributed by atoms with Crippen molar-refractivity contribution in [3.05, 3.63) is 69.3 Å². The maximum absolute atomic E-state index is 12.5. The number of nitrogens with zero attached hydrogens (tertiary/aromatic N) is 2. The molecule has 3 N–H and O–H groups in total. The summed E-state index contributed by atoms with van der Waals surface area (Å²) in [6, 6.07) is 12.9. The molecule has 1 aliphatic carbocycles. The van der Waals surface area contributed by atoms with Crippen LogP contribution in [-0.4, -0.2) is 46.1 Å². The highest BCUT2D eigenvalue weighted by atomic mass is 16.6. The predicted molar refractivity (Wildman–Crippen MR) is 118 cm³/mol. The third-order valence-corrected chi connectivity index (χ3v) is 5.83. The molecule has 1 aliphatic heterocycles. The van der Waals surface area contributed by atoms with Crippen LogP contribution in [0, 0.1) is 10.1 Å². The molecular formula is C23H28N4O4. The summed E-state index contributed by atoms with van der Waals surface area (Å²) in [6.45, 7) is 3.01. The number of carbonyl (C=O) groups is 1. The van der Waals surface area contributed by atoms with Crippen LogP contribution in [0.5, 0.6) is 0 Å². The van der Waals surface area contributed by atoms with E-state index in [2.05, 4.69) is 27.7 Å². The number of amides is 1. The van der Waals surface area contributed by atoms with Crippen LogP contribution in [0.25, 0.3) is 0 Å². The van der Waals surface area contributed by atoms with Gasteiger partial charge in [-0.25, -0.2) is 0 Å². The smallest absolute Gasteiger partial charge is 0.293 e. The number of anilines is 1. The zero-order valence-corrected chi connectivity index (χ0v) is 17.4. The second-order valence-electron chi connectivity index (χ2n) is 8.41. The van der Waals surface area contributed by atoms with Gasteiger partial charge in [0.15, 0.2) is 0 Å². The van der Waals surface area contributed by atoms with Crippen molar-refractivity contribution < 1.29 is 14.8 Å². The largest absolute Gasteiger partial charge is 0.393 e. The maximum atomic E-state index is 12.5. The van der Waals surface area contributed by atoms with E-state index < -0.39 is 4.92 Å². The van der Waals surface area contributed by atoms with E-state index in [0.29, 0.717) is 18.3 Å². The minimum absolute atomic E-state index is 0.0749. The van der Waals surface area contributed by atoms with Crippen molar-refractivity contribution in [1.29, 1.82) is 0 Å². The van der Waals surface area contributed by atoms with Gasteiger partial charge < -0.3 is 15.7 Å². The Labute approximate surface area is 181 Å². The molecule has 1 saturated carbocycles. The summed E-state index contributed by atoms with van der Waals surface area (Å²) in [7, 11) is 0. The van der Waals surface area contributed by atoms with Gasteiger partial charge in [-0.1, -0.05) is 24.3 Å². The van der Waals surface area contributed by atoms with Gasteiger partial charge in [0.2, 0.25) is 0 Å². The van der Waals surface area contributed by atoms with Crippen LogP contribution in [-0.2, 0) is 13.1 Å². The van der Waals surface area contributed by atoms with Gasteiger partial charge in [-0.05, 0) is 48.9 Å². The van der Waals surface area contributed by atoms with Crippen LogP contribution in [0.3, 0.4) is 0 Å². The number of carbonyl (C=O) groups excluding carboxylic acids is 1. The summed E-state index contributed by atoms with van der Waals surface area (Å²) in [6.07, 6.45) is 3.49. The molecule has 0 radical (unpaired) electrons. The lowest BCUT2D eigenvalue weighted by molar-refractivity contribution is -0.384. The monoisotopic (exact) mass is 424 g/mol. The SMILES string of the molecule is O=C(NCc1ccc(CN2CCC(O)CC2)cc1)c1ccc(NC2CC2)c([N+](=O)[O-])c1. The predicted octanol–water partition coefficient (Wildman–Crippen LogP) is 3.06. The number of aliphatic hydroxyl groups excluding tert-OH is 1. The number of hydrogen-bond acceptors (Lipinski definition) is 6. The number of piperidine rings is 1. The van der Waals surface area contributed by atoms with Crippen LogP contribution < -0.4 is 10.6 Å². The summed E-state index contributed by atoms with van der Waals surface area (Å²) < 4.78 is 0. The Bertz CT molecular complexity index is 935. The lowest BCUT2D eigenvalue weighted by atomic mass is 10.1. The van der Waals surface area contributed by atoms with E-state index in [9.17, 15) is 20.0 Å². The molecule has 1 saturated heterocycles. The Morgan fingerprint density at radius 1 is 1.06 bits per heavy atom. The molecular weight excluding hydrogens is 396 g/mol. The maximum Gasteiger partial charge on any atom is 0.293 e. The Kier molecular flexibility index (Phi) is 6.48. The Hall–Kier alpha value is -2.97. The molecule has 2 fully saturated rings.